The molecule has 0 aromatic heterocycles. The molecule has 0 saturated carbocycles. The normalized spacial score (nSPS) is 17.4. The molecule has 1 aliphatic rings. The van der Waals surface area contributed by atoms with Crippen molar-refractivity contribution >= 4 is 33.4 Å². The van der Waals surface area contributed by atoms with Crippen LogP contribution in [0, 0.1) is 10.1 Å². The quantitative estimate of drug-likeness (QED) is 0.345. The molecule has 1 atom stereocenters. The van der Waals surface area contributed by atoms with Crippen molar-refractivity contribution in [3.05, 3.63) is 39.4 Å². The standard InChI is InChI=1S/C17H20N2O9S/c1-3-27-16(21)11-6-12(8-14(7-11)19(23)24)17(22)28-9-15(20)18(2)13-4-5-29(25,26)10-13/h6-8,13H,3-5,9-10H2,1-2H3. The number of rotatable bonds is 7. The number of amides is 1. The summed E-state index contributed by atoms with van der Waals surface area (Å²) < 4.78 is 32.7. The molecule has 1 amide bonds. The van der Waals surface area contributed by atoms with Crippen molar-refractivity contribution in [1.82, 2.24) is 4.90 Å². The molecule has 0 N–H and O–H groups in total. The Kier molecular flexibility index (Phi) is 6.90. The molecule has 29 heavy (non-hydrogen) atoms. The topological polar surface area (TPSA) is 150 Å². The molecule has 11 nitrogen and oxygen atoms in total. The number of benzene rings is 1. The molecule has 158 valence electrons. The molecule has 1 aromatic carbocycles. The van der Waals surface area contributed by atoms with Crippen molar-refractivity contribution in [2.75, 3.05) is 31.8 Å². The summed E-state index contributed by atoms with van der Waals surface area (Å²) in [5.41, 5.74) is -1.00. The number of carbonyl (C=O) groups excluding carboxylic acids is 3. The van der Waals surface area contributed by atoms with Crippen molar-refractivity contribution < 1.29 is 37.2 Å². The van der Waals surface area contributed by atoms with Gasteiger partial charge >= 0.3 is 11.9 Å². The van der Waals surface area contributed by atoms with E-state index >= 15 is 0 Å². The van der Waals surface area contributed by atoms with Gasteiger partial charge in [0.25, 0.3) is 11.6 Å². The van der Waals surface area contributed by atoms with Gasteiger partial charge in [0.2, 0.25) is 0 Å². The molecule has 0 bridgehead atoms. The van der Waals surface area contributed by atoms with E-state index in [0.29, 0.717) is 6.42 Å². The largest absolute Gasteiger partial charge is 0.462 e. The molecular formula is C17H20N2O9S. The Hall–Kier alpha value is -3.02. The maximum absolute atomic E-state index is 12.2. The molecule has 1 fully saturated rings. The minimum Gasteiger partial charge on any atom is -0.462 e. The van der Waals surface area contributed by atoms with Crippen molar-refractivity contribution in [3.63, 3.8) is 0 Å². The van der Waals surface area contributed by atoms with Crippen LogP contribution in [-0.4, -0.2) is 73.9 Å². The Bertz CT molecular complexity index is 942. The molecule has 1 saturated heterocycles. The zero-order chi connectivity index (χ0) is 21.8. The fourth-order valence-corrected chi connectivity index (χ4v) is 4.54. The number of hydrogen-bond acceptors (Lipinski definition) is 9. The molecule has 1 heterocycles. The Labute approximate surface area is 166 Å². The lowest BCUT2D eigenvalue weighted by atomic mass is 10.1. The number of likely N-dealkylation sites (N-methyl/N-ethyl adjacent to an activating group) is 1. The lowest BCUT2D eigenvalue weighted by molar-refractivity contribution is -0.384. The summed E-state index contributed by atoms with van der Waals surface area (Å²) in [6, 6.07) is 2.46. The highest BCUT2D eigenvalue weighted by Crippen LogP contribution is 2.20. The summed E-state index contributed by atoms with van der Waals surface area (Å²) in [6.45, 7) is 0.921. The van der Waals surface area contributed by atoms with Gasteiger partial charge in [0, 0.05) is 25.2 Å². The van der Waals surface area contributed by atoms with E-state index < -0.39 is 50.9 Å². The van der Waals surface area contributed by atoms with E-state index in [0.717, 1.165) is 18.2 Å². The van der Waals surface area contributed by atoms with Gasteiger partial charge in [-0.05, 0) is 19.4 Å². The first-order chi connectivity index (χ1) is 13.5. The molecule has 1 unspecified atom stereocenters. The highest BCUT2D eigenvalue weighted by Gasteiger charge is 2.33. The second kappa shape index (κ2) is 8.99. The first kappa shape index (κ1) is 22.3. The van der Waals surface area contributed by atoms with Crippen LogP contribution in [0.25, 0.3) is 0 Å². The number of hydrogen-bond donors (Lipinski definition) is 0. The first-order valence-electron chi connectivity index (χ1n) is 8.64. The maximum atomic E-state index is 12.2. The van der Waals surface area contributed by atoms with E-state index in [1.54, 1.807) is 6.92 Å². The summed E-state index contributed by atoms with van der Waals surface area (Å²) in [7, 11) is -1.78. The third-order valence-corrected chi connectivity index (χ3v) is 6.10. The van der Waals surface area contributed by atoms with E-state index in [-0.39, 0.29) is 29.2 Å². The van der Waals surface area contributed by atoms with E-state index in [2.05, 4.69) is 0 Å². The second-order valence-electron chi connectivity index (χ2n) is 6.38. The second-order valence-corrected chi connectivity index (χ2v) is 8.61. The van der Waals surface area contributed by atoms with Crippen LogP contribution in [-0.2, 0) is 24.1 Å². The average Bonchev–Trinajstić information content (AvgIpc) is 3.04. The van der Waals surface area contributed by atoms with Gasteiger partial charge in [-0.15, -0.1) is 0 Å². The Morgan fingerprint density at radius 2 is 1.76 bits per heavy atom. The lowest BCUT2D eigenvalue weighted by Gasteiger charge is -2.23. The third-order valence-electron chi connectivity index (χ3n) is 4.35. The zero-order valence-electron chi connectivity index (χ0n) is 15.8. The van der Waals surface area contributed by atoms with Gasteiger partial charge in [0.05, 0.1) is 34.2 Å². The number of nitro benzene ring substituents is 1. The fraction of sp³-hybridized carbons (Fsp3) is 0.471. The number of sulfone groups is 1. The van der Waals surface area contributed by atoms with Crippen LogP contribution in [0.2, 0.25) is 0 Å². The molecule has 2 rings (SSSR count). The van der Waals surface area contributed by atoms with Crippen LogP contribution in [0.3, 0.4) is 0 Å². The van der Waals surface area contributed by atoms with Crippen LogP contribution in [0.4, 0.5) is 5.69 Å². The van der Waals surface area contributed by atoms with Crippen LogP contribution in [0.15, 0.2) is 18.2 Å². The fourth-order valence-electron chi connectivity index (χ4n) is 2.76. The summed E-state index contributed by atoms with van der Waals surface area (Å²) in [4.78, 5) is 47.7. The zero-order valence-corrected chi connectivity index (χ0v) is 16.6. The number of nitro groups is 1. The van der Waals surface area contributed by atoms with Crippen LogP contribution < -0.4 is 0 Å². The summed E-state index contributed by atoms with van der Waals surface area (Å²) in [5, 5.41) is 11.1. The monoisotopic (exact) mass is 428 g/mol. The SMILES string of the molecule is CCOC(=O)c1cc(C(=O)OCC(=O)N(C)C2CCS(=O)(=O)C2)cc([N+](=O)[O-])c1. The van der Waals surface area contributed by atoms with Crippen LogP contribution in [0.5, 0.6) is 0 Å². The number of esters is 2. The highest BCUT2D eigenvalue weighted by molar-refractivity contribution is 7.91. The van der Waals surface area contributed by atoms with Crippen LogP contribution in [0.1, 0.15) is 34.1 Å². The number of nitrogens with zero attached hydrogens (tertiary/aromatic N) is 2. The minimum atomic E-state index is -3.19. The van der Waals surface area contributed by atoms with E-state index in [9.17, 15) is 32.9 Å². The van der Waals surface area contributed by atoms with Crippen molar-refractivity contribution in [3.8, 4) is 0 Å². The van der Waals surface area contributed by atoms with Gasteiger partial charge in [0.15, 0.2) is 16.4 Å². The summed E-state index contributed by atoms with van der Waals surface area (Å²) in [6.07, 6.45) is 0.298. The number of ether oxygens (including phenoxy) is 2. The van der Waals surface area contributed by atoms with Crippen molar-refractivity contribution in [2.45, 2.75) is 19.4 Å². The van der Waals surface area contributed by atoms with Crippen molar-refractivity contribution in [1.29, 1.82) is 0 Å². The first-order valence-corrected chi connectivity index (χ1v) is 10.5. The van der Waals surface area contributed by atoms with Gasteiger partial charge < -0.3 is 14.4 Å². The Balaban J connectivity index is 2.08. The molecule has 0 aliphatic carbocycles. The van der Waals surface area contributed by atoms with Gasteiger partial charge in [0.1, 0.15) is 0 Å². The average molecular weight is 428 g/mol. The molecule has 1 aliphatic heterocycles. The third kappa shape index (κ3) is 5.73. The predicted molar refractivity (Wildman–Crippen MR) is 99.2 cm³/mol. The predicted octanol–water partition coefficient (Wildman–Crippen LogP) is 0.574. The van der Waals surface area contributed by atoms with E-state index in [1.165, 1.54) is 11.9 Å². The Morgan fingerprint density at radius 3 is 2.24 bits per heavy atom. The van der Waals surface area contributed by atoms with Gasteiger partial charge in [-0.1, -0.05) is 0 Å². The minimum absolute atomic E-state index is 0.0145. The molecule has 1 aromatic rings. The molecule has 12 heteroatoms. The molecule has 0 radical (unpaired) electrons. The van der Waals surface area contributed by atoms with E-state index in [1.807, 2.05) is 0 Å². The lowest BCUT2D eigenvalue weighted by Crippen LogP contribution is -2.40. The van der Waals surface area contributed by atoms with Gasteiger partial charge in [-0.3, -0.25) is 14.9 Å². The van der Waals surface area contributed by atoms with E-state index in [4.69, 9.17) is 9.47 Å². The molecular weight excluding hydrogens is 408 g/mol. The smallest absolute Gasteiger partial charge is 0.338 e. The highest BCUT2D eigenvalue weighted by atomic mass is 32.2. The van der Waals surface area contributed by atoms with Crippen molar-refractivity contribution in [2.24, 2.45) is 0 Å². The number of carbonyl (C=O) groups is 3. The maximum Gasteiger partial charge on any atom is 0.338 e. The molecule has 0 spiro atoms. The summed E-state index contributed by atoms with van der Waals surface area (Å²) >= 11 is 0. The van der Waals surface area contributed by atoms with Gasteiger partial charge in [-0.2, -0.15) is 0 Å². The number of non-ortho nitro benzene ring substituents is 1. The summed E-state index contributed by atoms with van der Waals surface area (Å²) in [5.74, 6) is -2.67. The van der Waals surface area contributed by atoms with Crippen LogP contribution >= 0.6 is 0 Å². The van der Waals surface area contributed by atoms with Gasteiger partial charge in [-0.25, -0.2) is 18.0 Å². The Morgan fingerprint density at radius 1 is 1.17 bits per heavy atom.